The summed E-state index contributed by atoms with van der Waals surface area (Å²) in [7, 11) is 2.06. The van der Waals surface area contributed by atoms with Crippen molar-refractivity contribution < 1.29 is 24.2 Å². The van der Waals surface area contributed by atoms with Gasteiger partial charge < -0.3 is 35.8 Å². The number of aliphatic hydroxyl groups is 1. The SMILES string of the molecule is C=CCN(C)CC1CC(c2ccc(CO)cc2)OC(c2cccc(-c3cccc(CNC(=O)CCCCC(=O)Nc4ccccc4N)c3)c2)O1. The van der Waals surface area contributed by atoms with E-state index >= 15 is 0 Å². The Bertz CT molecular complexity index is 1730. The zero-order valence-corrected chi connectivity index (χ0v) is 28.7. The summed E-state index contributed by atoms with van der Waals surface area (Å²) in [6.07, 6.45) is 3.72. The first-order valence-corrected chi connectivity index (χ1v) is 17.2. The molecule has 5 rings (SSSR count). The van der Waals surface area contributed by atoms with Gasteiger partial charge in [0.2, 0.25) is 11.8 Å². The number of hydrogen-bond donors (Lipinski definition) is 4. The summed E-state index contributed by atoms with van der Waals surface area (Å²) in [5.74, 6) is -0.166. The van der Waals surface area contributed by atoms with Crippen molar-refractivity contribution in [2.24, 2.45) is 0 Å². The quantitative estimate of drug-likeness (QED) is 0.0578. The highest BCUT2D eigenvalue weighted by molar-refractivity contribution is 5.93. The maximum Gasteiger partial charge on any atom is 0.224 e. The first-order valence-electron chi connectivity index (χ1n) is 17.2. The Labute approximate surface area is 295 Å². The molecule has 3 unspecified atom stereocenters. The van der Waals surface area contributed by atoms with Crippen molar-refractivity contribution in [3.05, 3.63) is 132 Å². The number of ether oxygens (including phenoxy) is 2. The van der Waals surface area contributed by atoms with E-state index in [2.05, 4.69) is 53.4 Å². The Morgan fingerprint density at radius 3 is 2.34 bits per heavy atom. The lowest BCUT2D eigenvalue weighted by atomic mass is 9.98. The predicted molar refractivity (Wildman–Crippen MR) is 198 cm³/mol. The van der Waals surface area contributed by atoms with E-state index in [4.69, 9.17) is 15.2 Å². The molecule has 50 heavy (non-hydrogen) atoms. The third kappa shape index (κ3) is 10.6. The van der Waals surface area contributed by atoms with Crippen LogP contribution in [0, 0.1) is 0 Å². The van der Waals surface area contributed by atoms with Gasteiger partial charge in [0.15, 0.2) is 6.29 Å². The number of hydrogen-bond acceptors (Lipinski definition) is 7. The lowest BCUT2D eigenvalue weighted by Gasteiger charge is -2.37. The highest BCUT2D eigenvalue weighted by atomic mass is 16.7. The van der Waals surface area contributed by atoms with E-state index in [1.165, 1.54) is 0 Å². The fourth-order valence-electron chi connectivity index (χ4n) is 6.08. The van der Waals surface area contributed by atoms with Gasteiger partial charge in [-0.05, 0) is 72.0 Å². The fourth-order valence-corrected chi connectivity index (χ4v) is 6.08. The molecule has 1 saturated heterocycles. The molecule has 0 saturated carbocycles. The molecule has 0 aromatic heterocycles. The number of nitrogens with two attached hydrogens (primary N) is 1. The highest BCUT2D eigenvalue weighted by Gasteiger charge is 2.32. The number of anilines is 2. The molecule has 1 aliphatic rings. The second-order valence-corrected chi connectivity index (χ2v) is 12.8. The van der Waals surface area contributed by atoms with E-state index in [0.29, 0.717) is 50.0 Å². The van der Waals surface area contributed by atoms with Crippen molar-refractivity contribution in [1.29, 1.82) is 0 Å². The van der Waals surface area contributed by atoms with Crippen molar-refractivity contribution in [3.63, 3.8) is 0 Å². The average Bonchev–Trinajstić information content (AvgIpc) is 3.13. The Morgan fingerprint density at radius 1 is 0.880 bits per heavy atom. The highest BCUT2D eigenvalue weighted by Crippen LogP contribution is 2.39. The van der Waals surface area contributed by atoms with Gasteiger partial charge in [0.25, 0.3) is 0 Å². The van der Waals surface area contributed by atoms with Crippen molar-refractivity contribution in [3.8, 4) is 11.1 Å². The van der Waals surface area contributed by atoms with Crippen LogP contribution in [0.25, 0.3) is 11.1 Å². The van der Waals surface area contributed by atoms with Gasteiger partial charge in [0.05, 0.1) is 30.2 Å². The van der Waals surface area contributed by atoms with Crippen molar-refractivity contribution in [2.75, 3.05) is 31.2 Å². The van der Waals surface area contributed by atoms with E-state index in [1.807, 2.05) is 66.7 Å². The summed E-state index contributed by atoms with van der Waals surface area (Å²) < 4.78 is 13.1. The molecule has 9 nitrogen and oxygen atoms in total. The summed E-state index contributed by atoms with van der Waals surface area (Å²) in [5.41, 5.74) is 12.9. The predicted octanol–water partition coefficient (Wildman–Crippen LogP) is 6.91. The number of amides is 2. The number of aliphatic hydroxyl groups excluding tert-OH is 1. The Kier molecular flexibility index (Phi) is 13.3. The van der Waals surface area contributed by atoms with Gasteiger partial charge in [0, 0.05) is 44.5 Å². The first-order chi connectivity index (χ1) is 24.3. The molecule has 5 N–H and O–H groups in total. The first kappa shape index (κ1) is 36.5. The lowest BCUT2D eigenvalue weighted by Crippen LogP contribution is -2.37. The average molecular weight is 677 g/mol. The van der Waals surface area contributed by atoms with Gasteiger partial charge in [-0.2, -0.15) is 0 Å². The second-order valence-electron chi connectivity index (χ2n) is 12.8. The van der Waals surface area contributed by atoms with E-state index in [0.717, 1.165) is 46.5 Å². The zero-order valence-electron chi connectivity index (χ0n) is 28.7. The minimum Gasteiger partial charge on any atom is -0.397 e. The van der Waals surface area contributed by atoms with E-state index < -0.39 is 6.29 Å². The van der Waals surface area contributed by atoms with Crippen LogP contribution in [0.5, 0.6) is 0 Å². The zero-order chi connectivity index (χ0) is 35.3. The summed E-state index contributed by atoms with van der Waals surface area (Å²) in [4.78, 5) is 27.0. The van der Waals surface area contributed by atoms with Crippen LogP contribution in [-0.2, 0) is 32.2 Å². The van der Waals surface area contributed by atoms with Gasteiger partial charge in [-0.15, -0.1) is 6.58 Å². The second kappa shape index (κ2) is 18.3. The van der Waals surface area contributed by atoms with Gasteiger partial charge in [-0.25, -0.2) is 0 Å². The minimum atomic E-state index is -0.557. The molecule has 262 valence electrons. The molecule has 0 spiro atoms. The number of carbonyl (C=O) groups excluding carboxylic acids is 2. The standard InChI is InChI=1S/C41H48N4O5/c1-3-22-45(2)27-35-25-38(31-20-18-29(28-46)19-21-31)50-41(49-35)34-13-9-12-33(24-34)32-11-8-10-30(23-32)26-43-39(47)16-6-7-17-40(48)44-37-15-5-4-14-36(37)42/h3-5,8-15,18-21,23-24,35,38,41,46H,1,6-7,16-17,22,25-28,42H2,2H3,(H,43,47)(H,44,48). The van der Waals surface area contributed by atoms with Crippen LogP contribution < -0.4 is 16.4 Å². The molecule has 1 heterocycles. The lowest BCUT2D eigenvalue weighted by molar-refractivity contribution is -0.252. The number of likely N-dealkylation sites (N-methyl/N-ethyl adjacent to an activating group) is 1. The van der Waals surface area contributed by atoms with Crippen LogP contribution in [0.4, 0.5) is 11.4 Å². The number of carbonyl (C=O) groups is 2. The molecule has 3 atom stereocenters. The number of para-hydroxylation sites is 2. The maximum atomic E-state index is 12.6. The molecule has 2 amide bonds. The van der Waals surface area contributed by atoms with Gasteiger partial charge in [0.1, 0.15) is 0 Å². The molecule has 1 fully saturated rings. The molecular weight excluding hydrogens is 628 g/mol. The van der Waals surface area contributed by atoms with Crippen LogP contribution in [-0.4, -0.2) is 48.1 Å². The number of nitrogen functional groups attached to an aromatic ring is 1. The monoisotopic (exact) mass is 676 g/mol. The number of rotatable bonds is 16. The van der Waals surface area contributed by atoms with Crippen LogP contribution >= 0.6 is 0 Å². The minimum absolute atomic E-state index is 0.000859. The van der Waals surface area contributed by atoms with Crippen molar-refractivity contribution in [1.82, 2.24) is 10.2 Å². The van der Waals surface area contributed by atoms with Gasteiger partial charge >= 0.3 is 0 Å². The summed E-state index contributed by atoms with van der Waals surface area (Å²) in [6.45, 7) is 5.78. The topological polar surface area (TPSA) is 126 Å². The Morgan fingerprint density at radius 2 is 1.60 bits per heavy atom. The number of nitrogens with zero attached hydrogens (tertiary/aromatic N) is 1. The van der Waals surface area contributed by atoms with Crippen molar-refractivity contribution in [2.45, 2.75) is 63.8 Å². The van der Waals surface area contributed by atoms with Gasteiger partial charge in [-0.1, -0.05) is 78.9 Å². The summed E-state index contributed by atoms with van der Waals surface area (Å²) in [5, 5.41) is 15.3. The fraction of sp³-hybridized carbons (Fsp3) is 0.317. The van der Waals surface area contributed by atoms with Gasteiger partial charge in [-0.3, -0.25) is 9.59 Å². The molecule has 0 aliphatic carbocycles. The third-order valence-corrected chi connectivity index (χ3v) is 8.77. The normalized spacial score (nSPS) is 17.3. The smallest absolute Gasteiger partial charge is 0.224 e. The molecule has 4 aromatic carbocycles. The number of unbranched alkanes of at least 4 members (excludes halogenated alkanes) is 1. The third-order valence-electron chi connectivity index (χ3n) is 8.77. The number of nitrogens with one attached hydrogen (secondary N) is 2. The van der Waals surface area contributed by atoms with E-state index in [9.17, 15) is 14.7 Å². The molecular formula is C41H48N4O5. The summed E-state index contributed by atoms with van der Waals surface area (Å²) >= 11 is 0. The van der Waals surface area contributed by atoms with Crippen molar-refractivity contribution >= 4 is 23.2 Å². The Hall–Kier alpha value is -4.80. The largest absolute Gasteiger partial charge is 0.397 e. The van der Waals surface area contributed by atoms with Crippen LogP contribution in [0.2, 0.25) is 0 Å². The van der Waals surface area contributed by atoms with Crippen LogP contribution in [0.15, 0.2) is 110 Å². The van der Waals surface area contributed by atoms with Crippen LogP contribution in [0.1, 0.15) is 66.8 Å². The molecule has 4 aromatic rings. The van der Waals surface area contributed by atoms with E-state index in [-0.39, 0.29) is 30.6 Å². The van der Waals surface area contributed by atoms with Crippen LogP contribution in [0.3, 0.4) is 0 Å². The Balaban J connectivity index is 1.17. The summed E-state index contributed by atoms with van der Waals surface area (Å²) in [6, 6.07) is 31.4. The molecule has 0 bridgehead atoms. The molecule has 1 aliphatic heterocycles. The van der Waals surface area contributed by atoms with E-state index in [1.54, 1.807) is 12.1 Å². The maximum absolute atomic E-state index is 12.6. The number of benzene rings is 4. The molecule has 9 heteroatoms. The molecule has 0 radical (unpaired) electrons.